The van der Waals surface area contributed by atoms with Crippen LogP contribution in [0, 0.1) is 6.92 Å². The summed E-state index contributed by atoms with van der Waals surface area (Å²) in [6.07, 6.45) is 4.29. The number of carbonyl (C=O) groups excluding carboxylic acids is 1. The third-order valence-electron chi connectivity index (χ3n) is 3.45. The Labute approximate surface area is 153 Å². The van der Waals surface area contributed by atoms with Gasteiger partial charge >= 0.3 is 5.97 Å². The molecule has 3 aromatic heterocycles. The predicted molar refractivity (Wildman–Crippen MR) is 96.9 cm³/mol. The molecule has 0 amide bonds. The zero-order valence-electron chi connectivity index (χ0n) is 14.1. The number of aryl methyl sites for hydroxylation is 2. The molecular formula is C17H17N3O3S2. The van der Waals surface area contributed by atoms with Crippen LogP contribution in [0.15, 0.2) is 33.2 Å². The number of esters is 1. The topological polar surface area (TPSA) is 78.1 Å². The Hall–Kier alpha value is -2.19. The zero-order chi connectivity index (χ0) is 17.8. The molecule has 8 heteroatoms. The molecule has 0 unspecified atom stereocenters. The van der Waals surface area contributed by atoms with E-state index >= 15 is 0 Å². The van der Waals surface area contributed by atoms with E-state index in [0.29, 0.717) is 27.9 Å². The summed E-state index contributed by atoms with van der Waals surface area (Å²) in [5.74, 6) is 0.572. The Bertz CT molecular complexity index is 875. The summed E-state index contributed by atoms with van der Waals surface area (Å²) in [4.78, 5) is 25.7. The van der Waals surface area contributed by atoms with Crippen molar-refractivity contribution in [2.24, 2.45) is 0 Å². The van der Waals surface area contributed by atoms with E-state index in [2.05, 4.69) is 15.0 Å². The molecule has 0 aliphatic carbocycles. The number of hydrogen-bond donors (Lipinski definition) is 0. The van der Waals surface area contributed by atoms with Crippen molar-refractivity contribution in [1.82, 2.24) is 15.0 Å². The lowest BCUT2D eigenvalue weighted by atomic mass is 10.2. The Morgan fingerprint density at radius 2 is 2.20 bits per heavy atom. The second kappa shape index (κ2) is 7.79. The molecule has 0 saturated heterocycles. The van der Waals surface area contributed by atoms with Gasteiger partial charge in [-0.3, -0.25) is 0 Å². The summed E-state index contributed by atoms with van der Waals surface area (Å²) >= 11 is 2.94. The van der Waals surface area contributed by atoms with Gasteiger partial charge in [0.2, 0.25) is 0 Å². The summed E-state index contributed by atoms with van der Waals surface area (Å²) in [7, 11) is 0. The monoisotopic (exact) mass is 375 g/mol. The molecule has 0 atom stereocenters. The maximum atomic E-state index is 12.5. The normalized spacial score (nSPS) is 10.8. The number of furan rings is 1. The first-order valence-corrected chi connectivity index (χ1v) is 9.79. The molecule has 3 heterocycles. The van der Waals surface area contributed by atoms with E-state index in [0.717, 1.165) is 17.1 Å². The molecule has 0 radical (unpaired) electrons. The highest BCUT2D eigenvalue weighted by Gasteiger charge is 2.21. The van der Waals surface area contributed by atoms with Gasteiger partial charge in [0.1, 0.15) is 17.2 Å². The van der Waals surface area contributed by atoms with Crippen molar-refractivity contribution in [3.05, 3.63) is 45.7 Å². The van der Waals surface area contributed by atoms with Gasteiger partial charge in [-0.1, -0.05) is 6.92 Å². The number of aromatic nitrogens is 3. The highest BCUT2D eigenvalue weighted by atomic mass is 32.2. The minimum absolute atomic E-state index is 0.141. The lowest BCUT2D eigenvalue weighted by molar-refractivity contribution is 0.0461. The van der Waals surface area contributed by atoms with Crippen molar-refractivity contribution in [3.8, 4) is 11.6 Å². The molecule has 3 rings (SSSR count). The van der Waals surface area contributed by atoms with Crippen LogP contribution in [0.1, 0.15) is 33.7 Å². The second-order valence-electron chi connectivity index (χ2n) is 5.16. The standard InChI is InChI=1S/C17H17N3O3S2/c1-4-13-19-11(9-25-13)8-23-17(21)14-10(2)18-15(20-16(14)24-3)12-6-5-7-22-12/h5-7,9H,4,8H2,1-3H3. The molecule has 0 saturated carbocycles. The summed E-state index contributed by atoms with van der Waals surface area (Å²) in [6.45, 7) is 3.95. The number of rotatable bonds is 6. The lowest BCUT2D eigenvalue weighted by Gasteiger charge is -2.10. The van der Waals surface area contributed by atoms with Crippen molar-refractivity contribution >= 4 is 29.1 Å². The molecule has 0 bridgehead atoms. The fourth-order valence-electron chi connectivity index (χ4n) is 2.23. The Morgan fingerprint density at radius 1 is 1.36 bits per heavy atom. The van der Waals surface area contributed by atoms with Crippen LogP contribution in [0.25, 0.3) is 11.6 Å². The molecule has 0 aliphatic heterocycles. The fraction of sp³-hybridized carbons (Fsp3) is 0.294. The van der Waals surface area contributed by atoms with Crippen LogP contribution in [-0.2, 0) is 17.8 Å². The van der Waals surface area contributed by atoms with Crippen LogP contribution < -0.4 is 0 Å². The van der Waals surface area contributed by atoms with Gasteiger partial charge in [-0.15, -0.1) is 23.1 Å². The molecule has 0 aliphatic rings. The Kier molecular flexibility index (Phi) is 5.50. The van der Waals surface area contributed by atoms with Gasteiger partial charge in [-0.2, -0.15) is 0 Å². The van der Waals surface area contributed by atoms with Crippen LogP contribution in [-0.4, -0.2) is 27.2 Å². The summed E-state index contributed by atoms with van der Waals surface area (Å²) in [5, 5.41) is 3.50. The first kappa shape index (κ1) is 17.6. The van der Waals surface area contributed by atoms with E-state index in [9.17, 15) is 4.79 Å². The molecule has 0 fully saturated rings. The number of nitrogens with zero attached hydrogens (tertiary/aromatic N) is 3. The fourth-order valence-corrected chi connectivity index (χ4v) is 3.58. The van der Waals surface area contributed by atoms with Crippen LogP contribution in [0.2, 0.25) is 0 Å². The lowest BCUT2D eigenvalue weighted by Crippen LogP contribution is -2.12. The minimum Gasteiger partial charge on any atom is -0.461 e. The first-order chi connectivity index (χ1) is 12.1. The quantitative estimate of drug-likeness (QED) is 0.364. The van der Waals surface area contributed by atoms with Gasteiger partial charge in [0.15, 0.2) is 11.6 Å². The van der Waals surface area contributed by atoms with Gasteiger partial charge < -0.3 is 9.15 Å². The maximum absolute atomic E-state index is 12.5. The van der Waals surface area contributed by atoms with Crippen molar-refractivity contribution in [3.63, 3.8) is 0 Å². The average molecular weight is 375 g/mol. The predicted octanol–water partition coefficient (Wildman–Crippen LogP) is 4.14. The van der Waals surface area contributed by atoms with Gasteiger partial charge in [0.25, 0.3) is 0 Å². The zero-order valence-corrected chi connectivity index (χ0v) is 15.7. The van der Waals surface area contributed by atoms with Gasteiger partial charge in [-0.05, 0) is 31.7 Å². The molecule has 3 aromatic rings. The van der Waals surface area contributed by atoms with E-state index in [1.165, 1.54) is 11.8 Å². The van der Waals surface area contributed by atoms with Gasteiger partial charge in [-0.25, -0.2) is 19.7 Å². The molecule has 0 aromatic carbocycles. The highest BCUT2D eigenvalue weighted by Crippen LogP contribution is 2.26. The Morgan fingerprint density at radius 3 is 2.84 bits per heavy atom. The van der Waals surface area contributed by atoms with Crippen molar-refractivity contribution in [2.75, 3.05) is 6.26 Å². The van der Waals surface area contributed by atoms with Gasteiger partial charge in [0.05, 0.1) is 22.7 Å². The molecule has 130 valence electrons. The SMILES string of the molecule is CCc1nc(COC(=O)c2c(C)nc(-c3ccco3)nc2SC)cs1. The van der Waals surface area contributed by atoms with Gasteiger partial charge in [0, 0.05) is 5.38 Å². The van der Waals surface area contributed by atoms with E-state index in [1.54, 1.807) is 36.7 Å². The van der Waals surface area contributed by atoms with Crippen molar-refractivity contribution in [2.45, 2.75) is 31.9 Å². The molecule has 6 nitrogen and oxygen atoms in total. The summed E-state index contributed by atoms with van der Waals surface area (Å²) in [5.41, 5.74) is 1.70. The number of thiazole rings is 1. The van der Waals surface area contributed by atoms with E-state index in [1.807, 2.05) is 18.6 Å². The van der Waals surface area contributed by atoms with E-state index in [4.69, 9.17) is 9.15 Å². The molecule has 25 heavy (non-hydrogen) atoms. The molecule has 0 spiro atoms. The van der Waals surface area contributed by atoms with Crippen LogP contribution >= 0.6 is 23.1 Å². The third kappa shape index (κ3) is 3.91. The average Bonchev–Trinajstić information content (AvgIpc) is 3.30. The van der Waals surface area contributed by atoms with Crippen molar-refractivity contribution in [1.29, 1.82) is 0 Å². The minimum atomic E-state index is -0.445. The highest BCUT2D eigenvalue weighted by molar-refractivity contribution is 7.98. The largest absolute Gasteiger partial charge is 0.461 e. The summed E-state index contributed by atoms with van der Waals surface area (Å²) < 4.78 is 10.7. The number of carbonyl (C=O) groups is 1. The van der Waals surface area contributed by atoms with Crippen LogP contribution in [0.5, 0.6) is 0 Å². The molecule has 0 N–H and O–H groups in total. The smallest absolute Gasteiger partial charge is 0.343 e. The summed E-state index contributed by atoms with van der Waals surface area (Å²) in [6, 6.07) is 3.55. The van der Waals surface area contributed by atoms with Crippen LogP contribution in [0.3, 0.4) is 0 Å². The number of ether oxygens (including phenoxy) is 1. The number of thioether (sulfide) groups is 1. The van der Waals surface area contributed by atoms with E-state index in [-0.39, 0.29) is 6.61 Å². The van der Waals surface area contributed by atoms with E-state index < -0.39 is 5.97 Å². The first-order valence-electron chi connectivity index (χ1n) is 7.69. The Balaban J connectivity index is 1.81. The number of hydrogen-bond acceptors (Lipinski definition) is 8. The van der Waals surface area contributed by atoms with Crippen molar-refractivity contribution < 1.29 is 13.9 Å². The van der Waals surface area contributed by atoms with Crippen LogP contribution in [0.4, 0.5) is 0 Å². The maximum Gasteiger partial charge on any atom is 0.343 e. The molecular weight excluding hydrogens is 358 g/mol. The third-order valence-corrected chi connectivity index (χ3v) is 5.17. The second-order valence-corrected chi connectivity index (χ2v) is 6.89.